The summed E-state index contributed by atoms with van der Waals surface area (Å²) in [6, 6.07) is 0. The highest BCUT2D eigenvalue weighted by Gasteiger charge is 2.12. The van der Waals surface area contributed by atoms with E-state index in [4.69, 9.17) is 5.73 Å². The van der Waals surface area contributed by atoms with Crippen LogP contribution >= 0.6 is 0 Å². The lowest BCUT2D eigenvalue weighted by Crippen LogP contribution is -2.38. The molecule has 0 saturated heterocycles. The quantitative estimate of drug-likeness (QED) is 0.580. The van der Waals surface area contributed by atoms with Crippen LogP contribution in [0.3, 0.4) is 0 Å². The Morgan fingerprint density at radius 1 is 1.64 bits per heavy atom. The van der Waals surface area contributed by atoms with Crippen molar-refractivity contribution in [1.82, 2.24) is 9.80 Å². The molecule has 0 spiro atoms. The molecule has 0 aromatic rings. The maximum Gasteiger partial charge on any atom is 0.191 e. The molecule has 0 fully saturated rings. The van der Waals surface area contributed by atoms with E-state index in [0.29, 0.717) is 5.96 Å². The van der Waals surface area contributed by atoms with Crippen molar-refractivity contribution < 1.29 is 0 Å². The number of guanidine groups is 1. The molecule has 1 rings (SSSR count). The second-order valence-electron chi connectivity index (χ2n) is 3.03. The molecule has 0 bridgehead atoms. The van der Waals surface area contributed by atoms with Crippen molar-refractivity contribution in [2.75, 3.05) is 40.3 Å². The predicted molar refractivity (Wildman–Crippen MR) is 46.6 cm³/mol. The van der Waals surface area contributed by atoms with E-state index in [1.807, 2.05) is 0 Å². The molecule has 0 saturated carbocycles. The average Bonchev–Trinajstić information content (AvgIpc) is 2.31. The fourth-order valence-electron chi connectivity index (χ4n) is 1.05. The van der Waals surface area contributed by atoms with Gasteiger partial charge >= 0.3 is 0 Å². The second kappa shape index (κ2) is 3.57. The summed E-state index contributed by atoms with van der Waals surface area (Å²) < 4.78 is 0. The summed E-state index contributed by atoms with van der Waals surface area (Å²) in [5, 5.41) is 0. The first-order chi connectivity index (χ1) is 5.20. The maximum atomic E-state index is 5.62. The van der Waals surface area contributed by atoms with Gasteiger partial charge in [0.1, 0.15) is 0 Å². The normalized spacial score (nSPS) is 17.7. The third-order valence-corrected chi connectivity index (χ3v) is 1.78. The maximum absolute atomic E-state index is 5.62. The van der Waals surface area contributed by atoms with Crippen LogP contribution < -0.4 is 5.73 Å². The SMILES string of the molecule is CN(C)CCN1CCN=C1N. The lowest BCUT2D eigenvalue weighted by atomic mass is 10.5. The standard InChI is InChI=1S/C7H16N4/c1-10(2)5-6-11-4-3-9-7(11)8/h3-6H2,1-2H3,(H2,8,9). The summed E-state index contributed by atoms with van der Waals surface area (Å²) in [5.74, 6) is 0.701. The van der Waals surface area contributed by atoms with Gasteiger partial charge in [0.2, 0.25) is 0 Å². The van der Waals surface area contributed by atoms with Crippen LogP contribution in [0, 0.1) is 0 Å². The van der Waals surface area contributed by atoms with Crippen molar-refractivity contribution >= 4 is 5.96 Å². The Labute approximate surface area is 67.7 Å². The van der Waals surface area contributed by atoms with Gasteiger partial charge in [0.15, 0.2) is 5.96 Å². The van der Waals surface area contributed by atoms with Gasteiger partial charge in [-0.3, -0.25) is 4.99 Å². The number of nitrogens with zero attached hydrogens (tertiary/aromatic N) is 3. The van der Waals surface area contributed by atoms with Crippen LogP contribution in [-0.2, 0) is 0 Å². The van der Waals surface area contributed by atoms with Gasteiger partial charge in [-0.2, -0.15) is 0 Å². The summed E-state index contributed by atoms with van der Waals surface area (Å²) in [4.78, 5) is 8.35. The fraction of sp³-hybridized carbons (Fsp3) is 0.857. The number of hydrogen-bond acceptors (Lipinski definition) is 4. The van der Waals surface area contributed by atoms with E-state index in [9.17, 15) is 0 Å². The molecule has 1 aliphatic rings. The number of likely N-dealkylation sites (N-methyl/N-ethyl adjacent to an activating group) is 1. The zero-order valence-corrected chi connectivity index (χ0v) is 7.25. The third kappa shape index (κ3) is 2.38. The zero-order chi connectivity index (χ0) is 8.27. The molecule has 11 heavy (non-hydrogen) atoms. The van der Waals surface area contributed by atoms with Crippen molar-refractivity contribution in [1.29, 1.82) is 0 Å². The first-order valence-corrected chi connectivity index (χ1v) is 3.90. The number of rotatable bonds is 3. The molecule has 4 heteroatoms. The minimum absolute atomic E-state index is 0.701. The van der Waals surface area contributed by atoms with Crippen molar-refractivity contribution in [3.8, 4) is 0 Å². The van der Waals surface area contributed by atoms with E-state index >= 15 is 0 Å². The molecule has 1 aliphatic heterocycles. The smallest absolute Gasteiger partial charge is 0.191 e. The monoisotopic (exact) mass is 156 g/mol. The zero-order valence-electron chi connectivity index (χ0n) is 7.25. The molecule has 0 aromatic heterocycles. The molecular formula is C7H16N4. The molecule has 64 valence electrons. The Hall–Kier alpha value is -0.770. The number of aliphatic imine (C=N–C) groups is 1. The van der Waals surface area contributed by atoms with Crippen LogP contribution in [0.15, 0.2) is 4.99 Å². The minimum atomic E-state index is 0.701. The Morgan fingerprint density at radius 3 is 2.82 bits per heavy atom. The van der Waals surface area contributed by atoms with Gasteiger partial charge in [0, 0.05) is 19.6 Å². The van der Waals surface area contributed by atoms with Crippen molar-refractivity contribution in [2.24, 2.45) is 10.7 Å². The van der Waals surface area contributed by atoms with E-state index in [1.54, 1.807) is 0 Å². The first kappa shape index (κ1) is 8.33. The molecule has 1 heterocycles. The number of hydrogen-bond donors (Lipinski definition) is 1. The van der Waals surface area contributed by atoms with Gasteiger partial charge < -0.3 is 15.5 Å². The topological polar surface area (TPSA) is 44.9 Å². The van der Waals surface area contributed by atoms with E-state index < -0.39 is 0 Å². The van der Waals surface area contributed by atoms with Crippen molar-refractivity contribution in [3.63, 3.8) is 0 Å². The van der Waals surface area contributed by atoms with E-state index in [-0.39, 0.29) is 0 Å². The molecule has 0 aromatic carbocycles. The molecular weight excluding hydrogens is 140 g/mol. The van der Waals surface area contributed by atoms with Gasteiger partial charge in [-0.1, -0.05) is 0 Å². The van der Waals surface area contributed by atoms with Crippen molar-refractivity contribution in [2.45, 2.75) is 0 Å². The average molecular weight is 156 g/mol. The van der Waals surface area contributed by atoms with Crippen LogP contribution in [-0.4, -0.2) is 56.0 Å². The highest BCUT2D eigenvalue weighted by Crippen LogP contribution is 1.96. The highest BCUT2D eigenvalue weighted by molar-refractivity contribution is 5.79. The first-order valence-electron chi connectivity index (χ1n) is 3.90. The second-order valence-corrected chi connectivity index (χ2v) is 3.03. The van der Waals surface area contributed by atoms with Crippen LogP contribution in [0.4, 0.5) is 0 Å². The van der Waals surface area contributed by atoms with Crippen LogP contribution in [0.5, 0.6) is 0 Å². The van der Waals surface area contributed by atoms with E-state index in [1.165, 1.54) is 0 Å². The Balaban J connectivity index is 2.22. The number of nitrogens with two attached hydrogens (primary N) is 1. The van der Waals surface area contributed by atoms with Gasteiger partial charge in [0.25, 0.3) is 0 Å². The molecule has 4 nitrogen and oxygen atoms in total. The Bertz CT molecular complexity index is 153. The van der Waals surface area contributed by atoms with E-state index in [0.717, 1.165) is 26.2 Å². The van der Waals surface area contributed by atoms with Gasteiger partial charge in [0.05, 0.1) is 6.54 Å². The van der Waals surface area contributed by atoms with Crippen LogP contribution in [0.25, 0.3) is 0 Å². The van der Waals surface area contributed by atoms with Gasteiger partial charge in [-0.25, -0.2) is 0 Å². The molecule has 0 unspecified atom stereocenters. The lowest BCUT2D eigenvalue weighted by molar-refractivity contribution is 0.342. The minimum Gasteiger partial charge on any atom is -0.370 e. The summed E-state index contributed by atoms with van der Waals surface area (Å²) in [5.41, 5.74) is 5.62. The van der Waals surface area contributed by atoms with E-state index in [2.05, 4.69) is 28.9 Å². The largest absolute Gasteiger partial charge is 0.370 e. The summed E-state index contributed by atoms with van der Waals surface area (Å²) in [6.07, 6.45) is 0. The van der Waals surface area contributed by atoms with Gasteiger partial charge in [-0.05, 0) is 14.1 Å². The Kier molecular flexibility index (Phi) is 2.70. The summed E-state index contributed by atoms with van der Waals surface area (Å²) in [6.45, 7) is 3.87. The summed E-state index contributed by atoms with van der Waals surface area (Å²) >= 11 is 0. The van der Waals surface area contributed by atoms with Gasteiger partial charge in [-0.15, -0.1) is 0 Å². The molecule has 0 atom stereocenters. The highest BCUT2D eigenvalue weighted by atomic mass is 15.3. The van der Waals surface area contributed by atoms with Crippen LogP contribution in [0.1, 0.15) is 0 Å². The molecule has 2 N–H and O–H groups in total. The Morgan fingerprint density at radius 2 is 2.36 bits per heavy atom. The third-order valence-electron chi connectivity index (χ3n) is 1.78. The van der Waals surface area contributed by atoms with Crippen molar-refractivity contribution in [3.05, 3.63) is 0 Å². The predicted octanol–water partition coefficient (Wildman–Crippen LogP) is -0.822. The van der Waals surface area contributed by atoms with Crippen LogP contribution in [0.2, 0.25) is 0 Å². The summed E-state index contributed by atoms with van der Waals surface area (Å²) in [7, 11) is 4.12. The lowest BCUT2D eigenvalue weighted by Gasteiger charge is -2.19. The fourth-order valence-corrected chi connectivity index (χ4v) is 1.05. The molecule has 0 amide bonds. The molecule has 0 radical (unpaired) electrons. The molecule has 0 aliphatic carbocycles.